The summed E-state index contributed by atoms with van der Waals surface area (Å²) >= 11 is 5.84. The normalized spacial score (nSPS) is 12.0. The molecule has 3 nitrogen and oxygen atoms in total. The Labute approximate surface area is 133 Å². The van der Waals surface area contributed by atoms with Gasteiger partial charge in [0.05, 0.1) is 5.75 Å². The molecule has 0 aliphatic heterocycles. The monoisotopic (exact) mass is 343 g/mol. The smallest absolute Gasteiger partial charge is 0.237 e. The number of carbonyl (C=O) groups is 1. The van der Waals surface area contributed by atoms with E-state index in [0.29, 0.717) is 11.3 Å². The van der Waals surface area contributed by atoms with Crippen molar-refractivity contribution in [3.8, 4) is 0 Å². The molecule has 22 heavy (non-hydrogen) atoms. The summed E-state index contributed by atoms with van der Waals surface area (Å²) in [7, 11) is -1.51. The van der Waals surface area contributed by atoms with E-state index >= 15 is 0 Å². The van der Waals surface area contributed by atoms with Crippen molar-refractivity contribution in [1.29, 1.82) is 0 Å². The molecule has 1 atom stereocenters. The lowest BCUT2D eigenvalue weighted by atomic mass is 10.2. The number of benzene rings is 2. The number of carbonyl (C=O) groups excluding carboxylic acids is 1. The molecule has 1 N–H and O–H groups in total. The molecule has 0 radical (unpaired) electrons. The number of rotatable bonds is 5. The molecule has 7 heteroatoms. The number of nitrogens with one attached hydrogen (secondary N) is 1. The summed E-state index contributed by atoms with van der Waals surface area (Å²) in [5.41, 5.74) is 0.793. The molecule has 0 fully saturated rings. The first-order valence-electron chi connectivity index (χ1n) is 6.28. The average molecular weight is 344 g/mol. The van der Waals surface area contributed by atoms with E-state index in [-0.39, 0.29) is 16.5 Å². The fourth-order valence-electron chi connectivity index (χ4n) is 1.77. The van der Waals surface area contributed by atoms with Gasteiger partial charge in [-0.2, -0.15) is 0 Å². The van der Waals surface area contributed by atoms with Crippen molar-refractivity contribution in [2.45, 2.75) is 5.75 Å². The second-order valence-corrected chi connectivity index (χ2v) is 6.39. The molecule has 0 heterocycles. The molecule has 1 amide bonds. The molecule has 0 aromatic heterocycles. The van der Waals surface area contributed by atoms with Crippen molar-refractivity contribution in [3.05, 3.63) is 64.7 Å². The molecular weight excluding hydrogens is 332 g/mol. The lowest BCUT2D eigenvalue weighted by Crippen LogP contribution is -2.20. The highest BCUT2D eigenvalue weighted by molar-refractivity contribution is 7.85. The van der Waals surface area contributed by atoms with Crippen LogP contribution in [0.2, 0.25) is 5.02 Å². The van der Waals surface area contributed by atoms with Gasteiger partial charge in [0.1, 0.15) is 17.4 Å². The summed E-state index contributed by atoms with van der Waals surface area (Å²) in [5, 5.41) is 2.62. The van der Waals surface area contributed by atoms with Gasteiger partial charge in [0.15, 0.2) is 0 Å². The van der Waals surface area contributed by atoms with Crippen molar-refractivity contribution >= 4 is 34.0 Å². The minimum atomic E-state index is -1.51. The van der Waals surface area contributed by atoms with E-state index in [9.17, 15) is 17.8 Å². The third-order valence-electron chi connectivity index (χ3n) is 2.73. The zero-order valence-electron chi connectivity index (χ0n) is 11.3. The van der Waals surface area contributed by atoms with Gasteiger partial charge in [-0.3, -0.25) is 9.00 Å². The molecule has 0 saturated carbocycles. The zero-order valence-corrected chi connectivity index (χ0v) is 12.9. The van der Waals surface area contributed by atoms with E-state index in [4.69, 9.17) is 11.6 Å². The van der Waals surface area contributed by atoms with E-state index in [2.05, 4.69) is 5.32 Å². The molecule has 2 aromatic carbocycles. The van der Waals surface area contributed by atoms with Gasteiger partial charge in [-0.15, -0.1) is 0 Å². The number of amides is 1. The highest BCUT2D eigenvalue weighted by atomic mass is 35.5. The molecule has 2 aromatic rings. The Morgan fingerprint density at radius 3 is 2.55 bits per heavy atom. The van der Waals surface area contributed by atoms with E-state index in [1.807, 2.05) is 0 Å². The van der Waals surface area contributed by atoms with Crippen LogP contribution in [0.4, 0.5) is 14.5 Å². The van der Waals surface area contributed by atoms with Crippen molar-refractivity contribution < 1.29 is 17.8 Å². The van der Waals surface area contributed by atoms with Crippen molar-refractivity contribution in [2.75, 3.05) is 11.1 Å². The van der Waals surface area contributed by atoms with E-state index < -0.39 is 28.3 Å². The third-order valence-corrected chi connectivity index (χ3v) is 4.30. The average Bonchev–Trinajstić information content (AvgIpc) is 2.41. The largest absolute Gasteiger partial charge is 0.325 e. The van der Waals surface area contributed by atoms with Crippen molar-refractivity contribution in [2.24, 2.45) is 0 Å². The van der Waals surface area contributed by atoms with E-state index in [1.165, 1.54) is 30.3 Å². The maximum absolute atomic E-state index is 13.0. The van der Waals surface area contributed by atoms with Gasteiger partial charge < -0.3 is 5.32 Å². The second-order valence-electron chi connectivity index (χ2n) is 4.52. The van der Waals surface area contributed by atoms with Crippen molar-refractivity contribution in [1.82, 2.24) is 0 Å². The summed E-state index contributed by atoms with van der Waals surface area (Å²) in [6.07, 6.45) is 0. The first-order valence-corrected chi connectivity index (χ1v) is 8.15. The highest BCUT2D eigenvalue weighted by Crippen LogP contribution is 2.19. The highest BCUT2D eigenvalue weighted by Gasteiger charge is 2.12. The molecule has 0 spiro atoms. The van der Waals surface area contributed by atoms with Gasteiger partial charge in [0.25, 0.3) is 0 Å². The Kier molecular flexibility index (Phi) is 5.63. The lowest BCUT2D eigenvalue weighted by molar-refractivity contribution is -0.113. The molecule has 0 aliphatic carbocycles. The van der Waals surface area contributed by atoms with Crippen LogP contribution in [0.1, 0.15) is 5.56 Å². The summed E-state index contributed by atoms with van der Waals surface area (Å²) in [6, 6.07) is 9.18. The molecule has 0 bridgehead atoms. The number of hydrogen-bond acceptors (Lipinski definition) is 2. The topological polar surface area (TPSA) is 46.2 Å². The molecule has 2 rings (SSSR count). The predicted octanol–water partition coefficient (Wildman–Crippen LogP) is 3.51. The van der Waals surface area contributed by atoms with Gasteiger partial charge >= 0.3 is 0 Å². The molecule has 0 saturated heterocycles. The van der Waals surface area contributed by atoms with Crippen LogP contribution in [0, 0.1) is 11.6 Å². The Hall–Kier alpha value is -1.79. The van der Waals surface area contributed by atoms with Gasteiger partial charge in [-0.1, -0.05) is 23.7 Å². The van der Waals surface area contributed by atoms with Crippen LogP contribution < -0.4 is 5.32 Å². The molecule has 0 aliphatic rings. The summed E-state index contributed by atoms with van der Waals surface area (Å²) in [4.78, 5) is 11.7. The van der Waals surface area contributed by atoms with Crippen LogP contribution in [0.25, 0.3) is 0 Å². The first kappa shape index (κ1) is 16.6. The Balaban J connectivity index is 1.92. The van der Waals surface area contributed by atoms with Crippen LogP contribution in [0.3, 0.4) is 0 Å². The molecule has 116 valence electrons. The van der Waals surface area contributed by atoms with Crippen LogP contribution in [-0.4, -0.2) is 15.9 Å². The quantitative estimate of drug-likeness (QED) is 0.903. The van der Waals surface area contributed by atoms with Gasteiger partial charge in [-0.25, -0.2) is 8.78 Å². The van der Waals surface area contributed by atoms with Crippen LogP contribution in [-0.2, 0) is 21.3 Å². The summed E-state index contributed by atoms with van der Waals surface area (Å²) < 4.78 is 37.8. The maximum atomic E-state index is 13.0. The minimum absolute atomic E-state index is 0.0374. The third kappa shape index (κ3) is 4.89. The predicted molar refractivity (Wildman–Crippen MR) is 83.2 cm³/mol. The van der Waals surface area contributed by atoms with Crippen molar-refractivity contribution in [3.63, 3.8) is 0 Å². The lowest BCUT2D eigenvalue weighted by Gasteiger charge is -2.07. The fraction of sp³-hybridized carbons (Fsp3) is 0.133. The number of anilines is 1. The SMILES string of the molecule is O=C(C[S@](=O)Cc1ccc(F)cc1Cl)Nc1cccc(F)c1. The zero-order chi connectivity index (χ0) is 16.1. The molecule has 0 unspecified atom stereocenters. The van der Waals surface area contributed by atoms with Gasteiger partial charge in [-0.05, 0) is 35.9 Å². The summed E-state index contributed by atoms with van der Waals surface area (Å²) in [6.45, 7) is 0. The number of halogens is 3. The second kappa shape index (κ2) is 7.47. The van der Waals surface area contributed by atoms with Crippen LogP contribution in [0.15, 0.2) is 42.5 Å². The van der Waals surface area contributed by atoms with E-state index in [0.717, 1.165) is 12.1 Å². The Morgan fingerprint density at radius 2 is 1.86 bits per heavy atom. The first-order chi connectivity index (χ1) is 10.4. The van der Waals surface area contributed by atoms with Gasteiger partial charge in [0.2, 0.25) is 5.91 Å². The maximum Gasteiger partial charge on any atom is 0.237 e. The Morgan fingerprint density at radius 1 is 1.14 bits per heavy atom. The minimum Gasteiger partial charge on any atom is -0.325 e. The number of hydrogen-bond donors (Lipinski definition) is 1. The molecular formula is C15H12ClF2NO2S. The van der Waals surface area contributed by atoms with Crippen LogP contribution in [0.5, 0.6) is 0 Å². The fourth-order valence-corrected chi connectivity index (χ4v) is 3.15. The van der Waals surface area contributed by atoms with Gasteiger partial charge in [0, 0.05) is 21.5 Å². The Bertz CT molecular complexity index is 724. The summed E-state index contributed by atoms with van der Waals surface area (Å²) in [5.74, 6) is -1.68. The standard InChI is InChI=1S/C15H12ClF2NO2S/c16-14-7-12(18)5-4-10(14)8-22(21)9-15(20)19-13-3-1-2-11(17)6-13/h1-7H,8-9H2,(H,19,20)/t22-/m1/s1. The van der Waals surface area contributed by atoms with E-state index in [1.54, 1.807) is 0 Å². The van der Waals surface area contributed by atoms with Crippen LogP contribution >= 0.6 is 11.6 Å².